The molecule has 0 aliphatic carbocycles. The molecule has 0 fully saturated rings. The summed E-state index contributed by atoms with van der Waals surface area (Å²) >= 11 is 0. The third kappa shape index (κ3) is 2.31. The molecule has 14 heavy (non-hydrogen) atoms. The molecule has 0 atom stereocenters. The summed E-state index contributed by atoms with van der Waals surface area (Å²) in [4.78, 5) is 14.5. The Balaban J connectivity index is 3.22. The number of carbonyl (C=O) groups is 1. The highest BCUT2D eigenvalue weighted by Gasteiger charge is 2.09. The number of hydrogen-bond acceptors (Lipinski definition) is 3. The molecular weight excluding hydrogens is 182 g/mol. The fourth-order valence-corrected chi connectivity index (χ4v) is 0.970. The van der Waals surface area contributed by atoms with Crippen molar-refractivity contribution in [3.05, 3.63) is 29.1 Å². The van der Waals surface area contributed by atoms with Crippen LogP contribution in [0.3, 0.4) is 0 Å². The van der Waals surface area contributed by atoms with Gasteiger partial charge >= 0.3 is 5.97 Å². The van der Waals surface area contributed by atoms with Crippen LogP contribution in [-0.4, -0.2) is 27.8 Å². The first-order valence-electron chi connectivity index (χ1n) is 3.95. The molecule has 1 rings (SSSR count). The highest BCUT2D eigenvalue weighted by atomic mass is 16.4. The van der Waals surface area contributed by atoms with E-state index in [-0.39, 0.29) is 12.3 Å². The minimum absolute atomic E-state index is 0.0865. The topological polar surface area (TPSA) is 70.4 Å². The molecule has 4 nitrogen and oxygen atoms in total. The maximum atomic E-state index is 10.7. The number of carboxylic acids is 1. The van der Waals surface area contributed by atoms with Gasteiger partial charge in [0.15, 0.2) is 5.69 Å². The van der Waals surface area contributed by atoms with Crippen molar-refractivity contribution in [3.8, 4) is 11.8 Å². The third-order valence-corrected chi connectivity index (χ3v) is 1.53. The van der Waals surface area contributed by atoms with Crippen molar-refractivity contribution in [2.75, 3.05) is 6.61 Å². The van der Waals surface area contributed by atoms with Crippen molar-refractivity contribution < 1.29 is 15.0 Å². The predicted octanol–water partition coefficient (Wildman–Crippen LogP) is 0.432. The zero-order valence-corrected chi connectivity index (χ0v) is 7.61. The van der Waals surface area contributed by atoms with E-state index in [0.29, 0.717) is 5.56 Å². The first-order valence-corrected chi connectivity index (χ1v) is 3.95. The Hall–Kier alpha value is -1.86. The van der Waals surface area contributed by atoms with Gasteiger partial charge in [-0.2, -0.15) is 0 Å². The Labute approximate surface area is 81.2 Å². The number of aromatic carboxylic acids is 1. The molecule has 0 saturated heterocycles. The van der Waals surface area contributed by atoms with E-state index < -0.39 is 5.97 Å². The van der Waals surface area contributed by atoms with Crippen LogP contribution in [-0.2, 0) is 0 Å². The average molecular weight is 191 g/mol. The zero-order chi connectivity index (χ0) is 10.6. The molecule has 1 aromatic rings. The molecule has 1 aromatic heterocycles. The summed E-state index contributed by atoms with van der Waals surface area (Å²) in [6.07, 6.45) is 1.47. The van der Waals surface area contributed by atoms with Gasteiger partial charge in [-0.1, -0.05) is 11.8 Å². The standard InChI is InChI=1S/C10H9NO3/c1-7-5-8(3-2-4-12)9(10(13)14)11-6-7/h5-6,12H,4H2,1H3,(H,13,14). The van der Waals surface area contributed by atoms with Gasteiger partial charge in [-0.3, -0.25) is 0 Å². The molecule has 1 heterocycles. The van der Waals surface area contributed by atoms with Crippen LogP contribution < -0.4 is 0 Å². The van der Waals surface area contributed by atoms with E-state index in [2.05, 4.69) is 16.8 Å². The van der Waals surface area contributed by atoms with Crippen LogP contribution in [0.15, 0.2) is 12.3 Å². The van der Waals surface area contributed by atoms with Crippen LogP contribution >= 0.6 is 0 Å². The Morgan fingerprint density at radius 3 is 2.93 bits per heavy atom. The lowest BCUT2D eigenvalue weighted by Gasteiger charge is -1.98. The number of nitrogens with zero attached hydrogens (tertiary/aromatic N) is 1. The molecule has 4 heteroatoms. The van der Waals surface area contributed by atoms with Crippen molar-refractivity contribution in [2.24, 2.45) is 0 Å². The van der Waals surface area contributed by atoms with Gasteiger partial charge < -0.3 is 10.2 Å². The number of aryl methyl sites for hydroxylation is 1. The SMILES string of the molecule is Cc1cnc(C(=O)O)c(C#CCO)c1. The van der Waals surface area contributed by atoms with E-state index >= 15 is 0 Å². The van der Waals surface area contributed by atoms with Crippen molar-refractivity contribution in [1.82, 2.24) is 4.98 Å². The van der Waals surface area contributed by atoms with E-state index in [0.717, 1.165) is 5.56 Å². The second-order valence-corrected chi connectivity index (χ2v) is 2.67. The normalized spacial score (nSPS) is 9.00. The number of pyridine rings is 1. The van der Waals surface area contributed by atoms with Crippen LogP contribution in [0.2, 0.25) is 0 Å². The Morgan fingerprint density at radius 2 is 2.36 bits per heavy atom. The molecule has 2 N–H and O–H groups in total. The fourth-order valence-electron chi connectivity index (χ4n) is 0.970. The molecule has 0 aliphatic rings. The van der Waals surface area contributed by atoms with Gasteiger partial charge in [0.05, 0.1) is 5.56 Å². The molecular formula is C10H9NO3. The number of carboxylic acid groups (broad SMARTS) is 1. The van der Waals surface area contributed by atoms with E-state index in [1.165, 1.54) is 6.20 Å². The lowest BCUT2D eigenvalue weighted by atomic mass is 10.1. The zero-order valence-electron chi connectivity index (χ0n) is 7.61. The van der Waals surface area contributed by atoms with Crippen molar-refractivity contribution >= 4 is 5.97 Å². The lowest BCUT2D eigenvalue weighted by Crippen LogP contribution is -2.04. The van der Waals surface area contributed by atoms with Gasteiger partial charge in [0.1, 0.15) is 6.61 Å². The molecule has 0 amide bonds. The van der Waals surface area contributed by atoms with Crippen LogP contribution in [0.4, 0.5) is 0 Å². The number of aliphatic hydroxyl groups is 1. The predicted molar refractivity (Wildman–Crippen MR) is 49.9 cm³/mol. The first-order chi connectivity index (χ1) is 6.65. The van der Waals surface area contributed by atoms with Gasteiger partial charge in [0, 0.05) is 6.20 Å². The molecule has 0 saturated carbocycles. The molecule has 0 radical (unpaired) electrons. The number of aromatic nitrogens is 1. The smallest absolute Gasteiger partial charge is 0.355 e. The molecule has 0 spiro atoms. The summed E-state index contributed by atoms with van der Waals surface area (Å²) in [7, 11) is 0. The Morgan fingerprint density at radius 1 is 1.64 bits per heavy atom. The van der Waals surface area contributed by atoms with Crippen LogP contribution in [0.25, 0.3) is 0 Å². The van der Waals surface area contributed by atoms with Gasteiger partial charge in [0.25, 0.3) is 0 Å². The van der Waals surface area contributed by atoms with Gasteiger partial charge in [-0.15, -0.1) is 0 Å². The highest BCUT2D eigenvalue weighted by Crippen LogP contribution is 2.06. The van der Waals surface area contributed by atoms with Crippen LogP contribution in [0.5, 0.6) is 0 Å². The van der Waals surface area contributed by atoms with Crippen molar-refractivity contribution in [2.45, 2.75) is 6.92 Å². The lowest BCUT2D eigenvalue weighted by molar-refractivity contribution is 0.0690. The Bertz CT molecular complexity index is 415. The van der Waals surface area contributed by atoms with Crippen molar-refractivity contribution in [3.63, 3.8) is 0 Å². The van der Waals surface area contributed by atoms with Gasteiger partial charge in [-0.05, 0) is 18.6 Å². The molecule has 0 bridgehead atoms. The van der Waals surface area contributed by atoms with E-state index in [9.17, 15) is 4.79 Å². The number of rotatable bonds is 1. The summed E-state index contributed by atoms with van der Waals surface area (Å²) in [5.41, 5.74) is 1.07. The highest BCUT2D eigenvalue weighted by molar-refractivity contribution is 5.88. The summed E-state index contributed by atoms with van der Waals surface area (Å²) in [5, 5.41) is 17.2. The monoisotopic (exact) mass is 191 g/mol. The maximum Gasteiger partial charge on any atom is 0.355 e. The van der Waals surface area contributed by atoms with Crippen LogP contribution in [0.1, 0.15) is 21.6 Å². The number of hydrogen-bond donors (Lipinski definition) is 2. The largest absolute Gasteiger partial charge is 0.476 e. The summed E-state index contributed by atoms with van der Waals surface area (Å²) in [6, 6.07) is 1.62. The molecule has 0 unspecified atom stereocenters. The minimum atomic E-state index is -1.12. The van der Waals surface area contributed by atoms with E-state index in [4.69, 9.17) is 10.2 Å². The average Bonchev–Trinajstić information content (AvgIpc) is 2.14. The van der Waals surface area contributed by atoms with Gasteiger partial charge in [0.2, 0.25) is 0 Å². The van der Waals surface area contributed by atoms with Crippen LogP contribution in [0, 0.1) is 18.8 Å². The first kappa shape index (κ1) is 10.2. The molecule has 72 valence electrons. The molecule has 0 aromatic carbocycles. The second-order valence-electron chi connectivity index (χ2n) is 2.67. The second kappa shape index (κ2) is 4.40. The fraction of sp³-hybridized carbons (Fsp3) is 0.200. The Kier molecular flexibility index (Phi) is 3.21. The van der Waals surface area contributed by atoms with Gasteiger partial charge in [-0.25, -0.2) is 9.78 Å². The summed E-state index contributed by atoms with van der Waals surface area (Å²) in [5.74, 6) is 3.81. The van der Waals surface area contributed by atoms with E-state index in [1.807, 2.05) is 0 Å². The minimum Gasteiger partial charge on any atom is -0.476 e. The molecule has 0 aliphatic heterocycles. The quantitative estimate of drug-likeness (QED) is 0.631. The van der Waals surface area contributed by atoms with Crippen molar-refractivity contribution in [1.29, 1.82) is 0 Å². The van der Waals surface area contributed by atoms with E-state index in [1.54, 1.807) is 13.0 Å². The third-order valence-electron chi connectivity index (χ3n) is 1.53. The number of aliphatic hydroxyl groups excluding tert-OH is 1. The summed E-state index contributed by atoms with van der Waals surface area (Å²) < 4.78 is 0. The maximum absolute atomic E-state index is 10.7. The summed E-state index contributed by atoms with van der Waals surface area (Å²) in [6.45, 7) is 1.50.